The number of hydrogen-bond acceptors (Lipinski definition) is 5. The minimum atomic E-state index is 0.0369. The molecule has 0 spiro atoms. The SMILES string of the molecule is CC(NCCC(=O)N1CCOCC1)c1nnc2ccccn12. The summed E-state index contributed by atoms with van der Waals surface area (Å²) in [4.78, 5) is 13.9. The van der Waals surface area contributed by atoms with Crippen LogP contribution in [0.1, 0.15) is 25.2 Å². The van der Waals surface area contributed by atoms with Gasteiger partial charge in [-0.25, -0.2) is 0 Å². The van der Waals surface area contributed by atoms with E-state index in [1.165, 1.54) is 0 Å². The van der Waals surface area contributed by atoms with Crippen molar-refractivity contribution in [1.82, 2.24) is 24.8 Å². The van der Waals surface area contributed by atoms with Gasteiger partial charge in [-0.1, -0.05) is 6.07 Å². The van der Waals surface area contributed by atoms with E-state index in [1.54, 1.807) is 0 Å². The zero-order chi connectivity index (χ0) is 15.4. The Kier molecular flexibility index (Phi) is 4.65. The number of carbonyl (C=O) groups excluding carboxylic acids is 1. The first-order valence-electron chi connectivity index (χ1n) is 7.64. The molecular formula is C15H21N5O2. The Hall–Kier alpha value is -1.99. The van der Waals surface area contributed by atoms with Crippen LogP contribution in [0, 0.1) is 0 Å². The smallest absolute Gasteiger partial charge is 0.224 e. The highest BCUT2D eigenvalue weighted by Crippen LogP contribution is 2.11. The Morgan fingerprint density at radius 3 is 3.00 bits per heavy atom. The number of aromatic nitrogens is 3. The number of hydrogen-bond donors (Lipinski definition) is 1. The fourth-order valence-electron chi connectivity index (χ4n) is 2.61. The highest BCUT2D eigenvalue weighted by molar-refractivity contribution is 5.76. The van der Waals surface area contributed by atoms with Gasteiger partial charge >= 0.3 is 0 Å². The molecule has 118 valence electrons. The van der Waals surface area contributed by atoms with Gasteiger partial charge in [0.1, 0.15) is 0 Å². The quantitative estimate of drug-likeness (QED) is 0.877. The zero-order valence-corrected chi connectivity index (χ0v) is 12.7. The predicted octanol–water partition coefficient (Wildman–Crippen LogP) is 0.629. The number of nitrogens with zero attached hydrogens (tertiary/aromatic N) is 4. The van der Waals surface area contributed by atoms with E-state index in [2.05, 4.69) is 15.5 Å². The third-order valence-corrected chi connectivity index (χ3v) is 3.88. The van der Waals surface area contributed by atoms with Crippen molar-refractivity contribution < 1.29 is 9.53 Å². The summed E-state index contributed by atoms with van der Waals surface area (Å²) < 4.78 is 7.21. The van der Waals surface area contributed by atoms with Gasteiger partial charge in [-0.2, -0.15) is 0 Å². The summed E-state index contributed by atoms with van der Waals surface area (Å²) in [6.07, 6.45) is 2.43. The van der Waals surface area contributed by atoms with Crippen LogP contribution in [-0.4, -0.2) is 58.3 Å². The van der Waals surface area contributed by atoms with E-state index >= 15 is 0 Å². The second kappa shape index (κ2) is 6.85. The lowest BCUT2D eigenvalue weighted by Gasteiger charge is -2.27. The van der Waals surface area contributed by atoms with Crippen molar-refractivity contribution in [3.8, 4) is 0 Å². The summed E-state index contributed by atoms with van der Waals surface area (Å²) in [7, 11) is 0. The molecule has 22 heavy (non-hydrogen) atoms. The van der Waals surface area contributed by atoms with Crippen LogP contribution in [-0.2, 0) is 9.53 Å². The summed E-state index contributed by atoms with van der Waals surface area (Å²) in [5, 5.41) is 11.7. The molecule has 0 bridgehead atoms. The summed E-state index contributed by atoms with van der Waals surface area (Å²) in [5.41, 5.74) is 0.829. The van der Waals surface area contributed by atoms with Crippen LogP contribution in [0.25, 0.3) is 5.65 Å². The first kappa shape index (κ1) is 14.9. The maximum absolute atomic E-state index is 12.1. The number of ether oxygens (including phenoxy) is 1. The zero-order valence-electron chi connectivity index (χ0n) is 12.7. The van der Waals surface area contributed by atoms with Crippen LogP contribution in [0.4, 0.5) is 0 Å². The Bertz CT molecular complexity index is 636. The summed E-state index contributed by atoms with van der Waals surface area (Å²) in [6.45, 7) is 5.33. The normalized spacial score (nSPS) is 16.9. The fourth-order valence-corrected chi connectivity index (χ4v) is 2.61. The first-order valence-corrected chi connectivity index (χ1v) is 7.64. The van der Waals surface area contributed by atoms with Crippen LogP contribution < -0.4 is 5.32 Å². The Morgan fingerprint density at radius 2 is 2.18 bits per heavy atom. The molecule has 1 atom stereocenters. The molecule has 1 unspecified atom stereocenters. The van der Waals surface area contributed by atoms with Crippen LogP contribution in [0.15, 0.2) is 24.4 Å². The maximum Gasteiger partial charge on any atom is 0.224 e. The van der Waals surface area contributed by atoms with Gasteiger partial charge in [0.25, 0.3) is 0 Å². The molecule has 1 aliphatic heterocycles. The second-order valence-electron chi connectivity index (χ2n) is 5.41. The van der Waals surface area contributed by atoms with Gasteiger partial charge in [-0.15, -0.1) is 10.2 Å². The monoisotopic (exact) mass is 303 g/mol. The molecule has 1 N–H and O–H groups in total. The summed E-state index contributed by atoms with van der Waals surface area (Å²) in [6, 6.07) is 5.85. The number of amides is 1. The van der Waals surface area contributed by atoms with Crippen molar-refractivity contribution in [2.45, 2.75) is 19.4 Å². The third-order valence-electron chi connectivity index (χ3n) is 3.88. The van der Waals surface area contributed by atoms with Crippen LogP contribution >= 0.6 is 0 Å². The molecule has 1 aliphatic rings. The summed E-state index contributed by atoms with van der Waals surface area (Å²) >= 11 is 0. The van der Waals surface area contributed by atoms with Crippen molar-refractivity contribution in [3.05, 3.63) is 30.2 Å². The molecule has 1 amide bonds. The molecule has 2 aromatic rings. The average molecular weight is 303 g/mol. The van der Waals surface area contributed by atoms with E-state index in [0.717, 1.165) is 11.5 Å². The van der Waals surface area contributed by atoms with Crippen molar-refractivity contribution in [2.24, 2.45) is 0 Å². The standard InChI is InChI=1S/C15H21N5O2/c1-12(15-18-17-13-4-2-3-7-20(13)15)16-6-5-14(21)19-8-10-22-11-9-19/h2-4,7,12,16H,5-6,8-11H2,1H3. The van der Waals surface area contributed by atoms with Gasteiger partial charge in [-0.05, 0) is 19.1 Å². The number of carbonyl (C=O) groups is 1. The molecule has 7 nitrogen and oxygen atoms in total. The molecular weight excluding hydrogens is 282 g/mol. The lowest BCUT2D eigenvalue weighted by atomic mass is 10.2. The molecule has 0 aliphatic carbocycles. The van der Waals surface area contributed by atoms with Gasteiger partial charge in [0.15, 0.2) is 11.5 Å². The molecule has 0 saturated carbocycles. The highest BCUT2D eigenvalue weighted by atomic mass is 16.5. The van der Waals surface area contributed by atoms with Crippen molar-refractivity contribution in [2.75, 3.05) is 32.8 Å². The first-order chi connectivity index (χ1) is 10.8. The topological polar surface area (TPSA) is 71.8 Å². The van der Waals surface area contributed by atoms with Gasteiger partial charge in [0.2, 0.25) is 5.91 Å². The number of nitrogens with one attached hydrogen (secondary N) is 1. The average Bonchev–Trinajstić information content (AvgIpc) is 2.99. The maximum atomic E-state index is 12.1. The molecule has 2 aromatic heterocycles. The van der Waals surface area contributed by atoms with Gasteiger partial charge in [-0.3, -0.25) is 9.20 Å². The number of morpholine rings is 1. The van der Waals surface area contributed by atoms with Crippen molar-refractivity contribution in [3.63, 3.8) is 0 Å². The summed E-state index contributed by atoms with van der Waals surface area (Å²) in [5.74, 6) is 1.03. The van der Waals surface area contributed by atoms with Crippen LogP contribution in [0.2, 0.25) is 0 Å². The Balaban J connectivity index is 1.52. The predicted molar refractivity (Wildman–Crippen MR) is 81.4 cm³/mol. The fraction of sp³-hybridized carbons (Fsp3) is 0.533. The molecule has 7 heteroatoms. The van der Waals surface area contributed by atoms with E-state index < -0.39 is 0 Å². The van der Waals surface area contributed by atoms with Crippen molar-refractivity contribution >= 4 is 11.6 Å². The Labute approximate surface area is 129 Å². The number of pyridine rings is 1. The van der Waals surface area contributed by atoms with Gasteiger partial charge in [0.05, 0.1) is 19.3 Å². The van der Waals surface area contributed by atoms with E-state index in [4.69, 9.17) is 4.74 Å². The lowest BCUT2D eigenvalue weighted by molar-refractivity contribution is -0.135. The largest absolute Gasteiger partial charge is 0.378 e. The van der Waals surface area contributed by atoms with E-state index in [9.17, 15) is 4.79 Å². The third kappa shape index (κ3) is 3.26. The van der Waals surface area contributed by atoms with Gasteiger partial charge in [0, 0.05) is 32.3 Å². The second-order valence-corrected chi connectivity index (χ2v) is 5.41. The lowest BCUT2D eigenvalue weighted by Crippen LogP contribution is -2.41. The molecule has 1 saturated heterocycles. The van der Waals surface area contributed by atoms with Crippen LogP contribution in [0.5, 0.6) is 0 Å². The molecule has 3 heterocycles. The number of rotatable bonds is 5. The van der Waals surface area contributed by atoms with E-state index in [0.29, 0.717) is 39.3 Å². The molecule has 0 aromatic carbocycles. The molecule has 0 radical (unpaired) electrons. The highest BCUT2D eigenvalue weighted by Gasteiger charge is 2.17. The minimum absolute atomic E-state index is 0.0369. The minimum Gasteiger partial charge on any atom is -0.378 e. The van der Waals surface area contributed by atoms with Crippen molar-refractivity contribution in [1.29, 1.82) is 0 Å². The molecule has 1 fully saturated rings. The molecule has 3 rings (SSSR count). The van der Waals surface area contributed by atoms with E-state index in [1.807, 2.05) is 40.6 Å². The van der Waals surface area contributed by atoms with Gasteiger partial charge < -0.3 is 15.0 Å². The van der Waals surface area contributed by atoms with Crippen LogP contribution in [0.3, 0.4) is 0 Å². The van der Waals surface area contributed by atoms with E-state index in [-0.39, 0.29) is 11.9 Å². The number of fused-ring (bicyclic) bond motifs is 1. The Morgan fingerprint density at radius 1 is 1.36 bits per heavy atom.